The van der Waals surface area contributed by atoms with E-state index in [-0.39, 0.29) is 4.69 Å². The standard InChI is InChI=1S/C6H5BrO2/c7-6(8)3-5-1-2-9-4-5/h1-2,4H,3H2. The van der Waals surface area contributed by atoms with Crippen LogP contribution >= 0.6 is 15.9 Å². The minimum atomic E-state index is -0.0242. The second-order valence-electron chi connectivity index (χ2n) is 1.66. The molecule has 0 aliphatic carbocycles. The zero-order chi connectivity index (χ0) is 6.69. The molecular weight excluding hydrogens is 184 g/mol. The molecule has 0 amide bonds. The Balaban J connectivity index is 2.58. The van der Waals surface area contributed by atoms with Crippen LogP contribution in [0.5, 0.6) is 0 Å². The van der Waals surface area contributed by atoms with Crippen LogP contribution in [0.2, 0.25) is 0 Å². The Kier molecular flexibility index (Phi) is 2.05. The van der Waals surface area contributed by atoms with Crippen LogP contribution in [0.25, 0.3) is 0 Å². The first-order valence-corrected chi connectivity index (χ1v) is 3.28. The summed E-state index contributed by atoms with van der Waals surface area (Å²) >= 11 is 2.82. The molecule has 0 aliphatic heterocycles. The molecule has 0 spiro atoms. The molecular formula is C6H5BrO2. The second-order valence-corrected chi connectivity index (χ2v) is 2.55. The van der Waals surface area contributed by atoms with Gasteiger partial charge < -0.3 is 4.42 Å². The van der Waals surface area contributed by atoms with Gasteiger partial charge in [0, 0.05) is 6.42 Å². The summed E-state index contributed by atoms with van der Waals surface area (Å²) in [6.07, 6.45) is 3.50. The van der Waals surface area contributed by atoms with Gasteiger partial charge in [-0.2, -0.15) is 0 Å². The van der Waals surface area contributed by atoms with Gasteiger partial charge in [-0.15, -0.1) is 0 Å². The maximum absolute atomic E-state index is 10.4. The molecule has 1 rings (SSSR count). The Labute approximate surface area is 61.0 Å². The zero-order valence-corrected chi connectivity index (χ0v) is 6.22. The third-order valence-corrected chi connectivity index (χ3v) is 1.20. The van der Waals surface area contributed by atoms with Gasteiger partial charge in [0.2, 0.25) is 4.69 Å². The molecule has 0 saturated heterocycles. The molecule has 1 heterocycles. The molecule has 0 radical (unpaired) electrons. The first-order chi connectivity index (χ1) is 4.29. The number of rotatable bonds is 2. The van der Waals surface area contributed by atoms with Crippen molar-refractivity contribution < 1.29 is 9.21 Å². The fourth-order valence-electron chi connectivity index (χ4n) is 0.554. The molecule has 3 heteroatoms. The van der Waals surface area contributed by atoms with E-state index in [1.165, 1.54) is 0 Å². The van der Waals surface area contributed by atoms with E-state index < -0.39 is 0 Å². The van der Waals surface area contributed by atoms with Gasteiger partial charge >= 0.3 is 0 Å². The first-order valence-electron chi connectivity index (χ1n) is 2.48. The quantitative estimate of drug-likeness (QED) is 0.663. The summed E-state index contributed by atoms with van der Waals surface area (Å²) in [5, 5.41) is 0. The highest BCUT2D eigenvalue weighted by Crippen LogP contribution is 2.03. The number of hydrogen-bond donors (Lipinski definition) is 0. The average molecular weight is 189 g/mol. The Morgan fingerprint density at radius 3 is 3.00 bits per heavy atom. The van der Waals surface area contributed by atoms with Crippen LogP contribution in [-0.2, 0) is 11.2 Å². The fraction of sp³-hybridized carbons (Fsp3) is 0.167. The molecule has 0 unspecified atom stereocenters. The van der Waals surface area contributed by atoms with Crippen molar-refractivity contribution >= 4 is 20.6 Å². The summed E-state index contributed by atoms with van der Waals surface area (Å²) in [4.78, 5) is 10.4. The molecule has 0 atom stereocenters. The van der Waals surface area contributed by atoms with Crippen molar-refractivity contribution in [3.8, 4) is 0 Å². The van der Waals surface area contributed by atoms with Gasteiger partial charge in [0.1, 0.15) is 0 Å². The summed E-state index contributed by atoms with van der Waals surface area (Å²) in [6, 6.07) is 1.76. The predicted molar refractivity (Wildman–Crippen MR) is 36.3 cm³/mol. The van der Waals surface area contributed by atoms with E-state index in [9.17, 15) is 4.79 Å². The van der Waals surface area contributed by atoms with E-state index in [1.54, 1.807) is 18.6 Å². The lowest BCUT2D eigenvalue weighted by atomic mass is 10.3. The Morgan fingerprint density at radius 2 is 2.56 bits per heavy atom. The minimum absolute atomic E-state index is 0.0242. The normalized spacial score (nSPS) is 9.44. The van der Waals surface area contributed by atoms with Crippen LogP contribution in [-0.4, -0.2) is 4.69 Å². The minimum Gasteiger partial charge on any atom is -0.472 e. The van der Waals surface area contributed by atoms with E-state index >= 15 is 0 Å². The van der Waals surface area contributed by atoms with Crippen LogP contribution in [0.15, 0.2) is 23.0 Å². The number of hydrogen-bond acceptors (Lipinski definition) is 2. The zero-order valence-electron chi connectivity index (χ0n) is 4.63. The van der Waals surface area contributed by atoms with Crippen molar-refractivity contribution in [3.63, 3.8) is 0 Å². The highest BCUT2D eigenvalue weighted by atomic mass is 79.9. The van der Waals surface area contributed by atoms with Crippen molar-refractivity contribution in [2.24, 2.45) is 0 Å². The SMILES string of the molecule is O=C(Br)Cc1ccoc1. The summed E-state index contributed by atoms with van der Waals surface area (Å²) in [5.41, 5.74) is 0.900. The van der Waals surface area contributed by atoms with Crippen molar-refractivity contribution in [1.29, 1.82) is 0 Å². The number of carbonyl (C=O) groups is 1. The summed E-state index contributed by atoms with van der Waals surface area (Å²) in [5.74, 6) is 0. The van der Waals surface area contributed by atoms with Gasteiger partial charge in [-0.05, 0) is 27.6 Å². The molecule has 0 bridgehead atoms. The average Bonchev–Trinajstić information content (AvgIpc) is 2.15. The van der Waals surface area contributed by atoms with E-state index in [1.807, 2.05) is 0 Å². The lowest BCUT2D eigenvalue weighted by molar-refractivity contribution is -0.109. The van der Waals surface area contributed by atoms with E-state index in [4.69, 9.17) is 4.42 Å². The van der Waals surface area contributed by atoms with Gasteiger partial charge in [-0.25, -0.2) is 0 Å². The lowest BCUT2D eigenvalue weighted by Gasteiger charge is -1.83. The van der Waals surface area contributed by atoms with Gasteiger partial charge in [0.05, 0.1) is 12.5 Å². The molecule has 1 aromatic heterocycles. The Bertz CT molecular complexity index is 191. The van der Waals surface area contributed by atoms with Crippen LogP contribution in [0.1, 0.15) is 5.56 Å². The van der Waals surface area contributed by atoms with Crippen LogP contribution in [0.4, 0.5) is 0 Å². The van der Waals surface area contributed by atoms with Crippen molar-refractivity contribution in [3.05, 3.63) is 24.2 Å². The maximum atomic E-state index is 10.4. The second kappa shape index (κ2) is 2.82. The molecule has 0 aliphatic rings. The third-order valence-electron chi connectivity index (χ3n) is 0.923. The lowest BCUT2D eigenvalue weighted by Crippen LogP contribution is -1.88. The van der Waals surface area contributed by atoms with Crippen molar-refractivity contribution in [1.82, 2.24) is 0 Å². The van der Waals surface area contributed by atoms with Crippen molar-refractivity contribution in [2.75, 3.05) is 0 Å². The fourth-order valence-corrected chi connectivity index (χ4v) is 0.877. The summed E-state index contributed by atoms with van der Waals surface area (Å²) in [7, 11) is 0. The number of halogens is 1. The molecule has 0 saturated carbocycles. The Hall–Kier alpha value is -0.570. The number of carbonyl (C=O) groups excluding carboxylic acids is 1. The smallest absolute Gasteiger partial charge is 0.202 e. The molecule has 0 aromatic carbocycles. The van der Waals surface area contributed by atoms with E-state index in [2.05, 4.69) is 15.9 Å². The maximum Gasteiger partial charge on any atom is 0.202 e. The van der Waals surface area contributed by atoms with Gasteiger partial charge in [-0.3, -0.25) is 4.79 Å². The van der Waals surface area contributed by atoms with Crippen LogP contribution in [0, 0.1) is 0 Å². The van der Waals surface area contributed by atoms with Crippen molar-refractivity contribution in [2.45, 2.75) is 6.42 Å². The van der Waals surface area contributed by atoms with Gasteiger partial charge in [0.25, 0.3) is 0 Å². The topological polar surface area (TPSA) is 30.2 Å². The largest absolute Gasteiger partial charge is 0.472 e. The molecule has 2 nitrogen and oxygen atoms in total. The molecule has 9 heavy (non-hydrogen) atoms. The highest BCUT2D eigenvalue weighted by molar-refractivity contribution is 9.18. The first kappa shape index (κ1) is 6.55. The highest BCUT2D eigenvalue weighted by Gasteiger charge is 1.97. The van der Waals surface area contributed by atoms with E-state index in [0.29, 0.717) is 6.42 Å². The molecule has 0 fully saturated rings. The molecule has 1 aromatic rings. The van der Waals surface area contributed by atoms with Gasteiger partial charge in [0.15, 0.2) is 0 Å². The monoisotopic (exact) mass is 188 g/mol. The number of furan rings is 1. The molecule has 48 valence electrons. The summed E-state index contributed by atoms with van der Waals surface area (Å²) < 4.78 is 4.72. The molecule has 0 N–H and O–H groups in total. The third kappa shape index (κ3) is 2.01. The van der Waals surface area contributed by atoms with Crippen LogP contribution < -0.4 is 0 Å². The van der Waals surface area contributed by atoms with Crippen LogP contribution in [0.3, 0.4) is 0 Å². The summed E-state index contributed by atoms with van der Waals surface area (Å²) in [6.45, 7) is 0. The Morgan fingerprint density at radius 1 is 1.78 bits per heavy atom. The van der Waals surface area contributed by atoms with Gasteiger partial charge in [-0.1, -0.05) is 0 Å². The van der Waals surface area contributed by atoms with E-state index in [0.717, 1.165) is 5.56 Å². The predicted octanol–water partition coefficient (Wildman–Crippen LogP) is 1.74.